The van der Waals surface area contributed by atoms with E-state index in [4.69, 9.17) is 0 Å². The van der Waals surface area contributed by atoms with Crippen LogP contribution in [0.25, 0.3) is 0 Å². The fraction of sp³-hybridized carbons (Fsp3) is 0.0667. The summed E-state index contributed by atoms with van der Waals surface area (Å²) in [6.07, 6.45) is 0.580. The molecule has 23 heavy (non-hydrogen) atoms. The lowest BCUT2D eigenvalue weighted by Crippen LogP contribution is -2.16. The summed E-state index contributed by atoms with van der Waals surface area (Å²) in [6.45, 7) is 0. The van der Waals surface area contributed by atoms with Gasteiger partial charge in [-0.1, -0.05) is 22.0 Å². The zero-order valence-electron chi connectivity index (χ0n) is 12.1. The van der Waals surface area contributed by atoms with Crippen molar-refractivity contribution in [3.05, 3.63) is 52.5 Å². The van der Waals surface area contributed by atoms with Crippen molar-refractivity contribution in [3.8, 4) is 5.75 Å². The van der Waals surface area contributed by atoms with Crippen LogP contribution in [0, 0.1) is 0 Å². The largest absolute Gasteiger partial charge is 0.507 e. The van der Waals surface area contributed by atoms with Crippen LogP contribution in [0.2, 0.25) is 0 Å². The van der Waals surface area contributed by atoms with Gasteiger partial charge in [0.15, 0.2) is 0 Å². The fourth-order valence-electron chi connectivity index (χ4n) is 1.56. The Morgan fingerprint density at radius 1 is 1.22 bits per heavy atom. The second-order valence-electron chi connectivity index (χ2n) is 4.28. The average molecular weight is 377 g/mol. The second-order valence-corrected chi connectivity index (χ2v) is 5.20. The lowest BCUT2D eigenvalue weighted by molar-refractivity contribution is 0.171. The summed E-state index contributed by atoms with van der Waals surface area (Å²) in [4.78, 5) is 10.9. The molecule has 2 aromatic rings. The zero-order chi connectivity index (χ0) is 16.7. The van der Waals surface area contributed by atoms with Gasteiger partial charge in [-0.2, -0.15) is 15.3 Å². The molecule has 0 aliphatic heterocycles. The van der Waals surface area contributed by atoms with Crippen LogP contribution in [-0.2, 0) is 4.74 Å². The van der Waals surface area contributed by atoms with Crippen molar-refractivity contribution in [1.82, 2.24) is 5.43 Å². The van der Waals surface area contributed by atoms with Gasteiger partial charge in [-0.05, 0) is 36.4 Å². The van der Waals surface area contributed by atoms with Gasteiger partial charge in [-0.15, -0.1) is 0 Å². The minimum absolute atomic E-state index is 0.00169. The summed E-state index contributed by atoms with van der Waals surface area (Å²) >= 11 is 3.36. The molecule has 0 radical (unpaired) electrons. The van der Waals surface area contributed by atoms with Crippen molar-refractivity contribution in [1.29, 1.82) is 0 Å². The highest BCUT2D eigenvalue weighted by atomic mass is 79.9. The first kappa shape index (κ1) is 16.6. The van der Waals surface area contributed by atoms with E-state index in [1.165, 1.54) is 19.4 Å². The van der Waals surface area contributed by atoms with E-state index in [9.17, 15) is 9.90 Å². The number of azo groups is 1. The highest BCUT2D eigenvalue weighted by Crippen LogP contribution is 2.25. The normalized spacial score (nSPS) is 11.0. The van der Waals surface area contributed by atoms with Crippen LogP contribution in [0.3, 0.4) is 0 Å². The van der Waals surface area contributed by atoms with E-state index in [1.807, 2.05) is 24.3 Å². The van der Waals surface area contributed by atoms with Crippen LogP contribution < -0.4 is 5.43 Å². The quantitative estimate of drug-likeness (QED) is 0.473. The molecule has 0 unspecified atom stereocenters. The first-order valence-electron chi connectivity index (χ1n) is 6.46. The van der Waals surface area contributed by atoms with Gasteiger partial charge in [0.2, 0.25) is 0 Å². The van der Waals surface area contributed by atoms with E-state index in [0.29, 0.717) is 16.9 Å². The number of carbonyl (C=O) groups excluding carboxylic acids is 1. The SMILES string of the molecule is COC(=O)N/N=C/c1cc(N=Nc2cccc(Br)c2)ccc1O. The third kappa shape index (κ3) is 5.19. The number of ether oxygens (including phenoxy) is 1. The Hall–Kier alpha value is -2.74. The molecule has 7 nitrogen and oxygen atoms in total. The topological polar surface area (TPSA) is 95.6 Å². The number of phenols is 1. The number of nitrogens with one attached hydrogen (secondary N) is 1. The molecule has 0 aromatic heterocycles. The van der Waals surface area contributed by atoms with Crippen molar-refractivity contribution in [2.75, 3.05) is 7.11 Å². The molecule has 2 aromatic carbocycles. The Bertz CT molecular complexity index is 762. The monoisotopic (exact) mass is 376 g/mol. The lowest BCUT2D eigenvalue weighted by Gasteiger charge is -2.00. The van der Waals surface area contributed by atoms with E-state index in [0.717, 1.165) is 4.47 Å². The van der Waals surface area contributed by atoms with E-state index in [2.05, 4.69) is 41.4 Å². The van der Waals surface area contributed by atoms with Gasteiger partial charge in [-0.3, -0.25) is 0 Å². The number of nitrogens with zero attached hydrogens (tertiary/aromatic N) is 3. The first-order chi connectivity index (χ1) is 11.1. The lowest BCUT2D eigenvalue weighted by atomic mass is 10.2. The smallest absolute Gasteiger partial charge is 0.427 e. The number of hydrogen-bond donors (Lipinski definition) is 2. The number of carbonyl (C=O) groups is 1. The Labute approximate surface area is 140 Å². The van der Waals surface area contributed by atoms with Crippen LogP contribution in [0.4, 0.5) is 16.2 Å². The molecule has 8 heteroatoms. The van der Waals surface area contributed by atoms with Gasteiger partial charge in [-0.25, -0.2) is 10.2 Å². The molecule has 0 saturated heterocycles. The van der Waals surface area contributed by atoms with Gasteiger partial charge in [0.1, 0.15) is 5.75 Å². The van der Waals surface area contributed by atoms with Crippen LogP contribution in [0.5, 0.6) is 5.75 Å². The molecule has 0 spiro atoms. The maximum absolute atomic E-state index is 10.9. The second kappa shape index (κ2) is 8.04. The number of aromatic hydroxyl groups is 1. The van der Waals surface area contributed by atoms with Crippen molar-refractivity contribution >= 4 is 39.6 Å². The average Bonchev–Trinajstić information content (AvgIpc) is 2.55. The Morgan fingerprint density at radius 3 is 2.65 bits per heavy atom. The molecule has 0 fully saturated rings. The Morgan fingerprint density at radius 2 is 1.96 bits per heavy atom. The van der Waals surface area contributed by atoms with E-state index in [-0.39, 0.29) is 5.75 Å². The van der Waals surface area contributed by atoms with Crippen molar-refractivity contribution < 1.29 is 14.6 Å². The summed E-state index contributed by atoms with van der Waals surface area (Å²) < 4.78 is 5.28. The predicted octanol–water partition coefficient (Wildman–Crippen LogP) is 4.26. The number of hydrogen-bond acceptors (Lipinski definition) is 6. The molecule has 2 N–H and O–H groups in total. The zero-order valence-corrected chi connectivity index (χ0v) is 13.7. The molecule has 0 saturated carbocycles. The molecule has 118 valence electrons. The highest BCUT2D eigenvalue weighted by Gasteiger charge is 2.01. The maximum atomic E-state index is 10.9. The molecule has 0 aliphatic rings. The number of rotatable bonds is 4. The Kier molecular flexibility index (Phi) is 5.81. The first-order valence-corrected chi connectivity index (χ1v) is 7.25. The van der Waals surface area contributed by atoms with Crippen molar-refractivity contribution in [3.63, 3.8) is 0 Å². The summed E-state index contributed by atoms with van der Waals surface area (Å²) in [7, 11) is 1.23. The van der Waals surface area contributed by atoms with E-state index in [1.54, 1.807) is 12.1 Å². The van der Waals surface area contributed by atoms with Crippen molar-refractivity contribution in [2.45, 2.75) is 0 Å². The van der Waals surface area contributed by atoms with Gasteiger partial charge in [0, 0.05) is 10.0 Å². The number of phenolic OH excluding ortho intramolecular Hbond substituents is 1. The molecular weight excluding hydrogens is 364 g/mol. The van der Waals surface area contributed by atoms with Crippen LogP contribution in [0.1, 0.15) is 5.56 Å². The molecule has 0 aliphatic carbocycles. The Balaban J connectivity index is 2.15. The molecule has 0 bridgehead atoms. The van der Waals surface area contributed by atoms with Crippen LogP contribution in [0.15, 0.2) is 62.3 Å². The van der Waals surface area contributed by atoms with Gasteiger partial charge in [0.05, 0.1) is 24.7 Å². The van der Waals surface area contributed by atoms with E-state index < -0.39 is 6.09 Å². The number of amides is 1. The number of hydrazone groups is 1. The number of methoxy groups -OCH3 is 1. The molecular formula is C15H13BrN4O3. The summed E-state index contributed by atoms with van der Waals surface area (Å²) in [5.41, 5.74) is 3.73. The highest BCUT2D eigenvalue weighted by molar-refractivity contribution is 9.10. The summed E-state index contributed by atoms with van der Waals surface area (Å²) in [5.74, 6) is 0.00169. The fourth-order valence-corrected chi connectivity index (χ4v) is 1.95. The molecule has 0 heterocycles. The van der Waals surface area contributed by atoms with E-state index >= 15 is 0 Å². The molecule has 0 atom stereocenters. The van der Waals surface area contributed by atoms with Gasteiger partial charge in [0.25, 0.3) is 0 Å². The van der Waals surface area contributed by atoms with Gasteiger partial charge < -0.3 is 9.84 Å². The third-order valence-electron chi connectivity index (χ3n) is 2.65. The number of benzene rings is 2. The summed E-state index contributed by atoms with van der Waals surface area (Å²) in [5, 5.41) is 21.6. The van der Waals surface area contributed by atoms with Crippen LogP contribution in [-0.4, -0.2) is 24.5 Å². The predicted molar refractivity (Wildman–Crippen MR) is 89.6 cm³/mol. The number of halogens is 1. The minimum atomic E-state index is -0.703. The minimum Gasteiger partial charge on any atom is -0.507 e. The van der Waals surface area contributed by atoms with Crippen LogP contribution >= 0.6 is 15.9 Å². The molecule has 1 amide bonds. The maximum Gasteiger partial charge on any atom is 0.427 e. The van der Waals surface area contributed by atoms with Gasteiger partial charge >= 0.3 is 6.09 Å². The third-order valence-corrected chi connectivity index (χ3v) is 3.14. The summed E-state index contributed by atoms with van der Waals surface area (Å²) in [6, 6.07) is 12.0. The van der Waals surface area contributed by atoms with Crippen molar-refractivity contribution in [2.24, 2.45) is 15.3 Å². The standard InChI is InChI=1S/C15H13BrN4O3/c1-23-15(22)20-17-9-10-7-13(5-6-14(10)21)19-18-12-4-2-3-11(16)8-12/h2-9,21H,1H3,(H,20,22)/b17-9+,19-18?. The molecule has 2 rings (SSSR count).